The van der Waals surface area contributed by atoms with Crippen LogP contribution < -0.4 is 0 Å². The average Bonchev–Trinajstić information content (AvgIpc) is 2.79. The number of nitrogens with zero attached hydrogens (tertiary/aromatic N) is 3. The van der Waals surface area contributed by atoms with Crippen LogP contribution in [0.15, 0.2) is 42.9 Å². The van der Waals surface area contributed by atoms with E-state index in [4.69, 9.17) is 0 Å². The van der Waals surface area contributed by atoms with Gasteiger partial charge in [-0.3, -0.25) is 14.2 Å². The molecule has 1 N–H and O–H groups in total. The number of rotatable bonds is 2. The van der Waals surface area contributed by atoms with Gasteiger partial charge in [0.1, 0.15) is 17.3 Å². The quantitative estimate of drug-likeness (QED) is 0.694. The molecule has 18 heavy (non-hydrogen) atoms. The molecule has 0 saturated heterocycles. The largest absolute Gasteiger partial charge is 0.508 e. The van der Waals surface area contributed by atoms with Crippen molar-refractivity contribution in [2.24, 2.45) is 0 Å². The molecular formula is C13H9N3O2. The van der Waals surface area contributed by atoms with Gasteiger partial charge in [-0.1, -0.05) is 0 Å². The van der Waals surface area contributed by atoms with Gasteiger partial charge >= 0.3 is 0 Å². The number of imidazole rings is 1. The minimum absolute atomic E-state index is 0.192. The van der Waals surface area contributed by atoms with Crippen molar-refractivity contribution in [2.75, 3.05) is 0 Å². The fourth-order valence-electron chi connectivity index (χ4n) is 1.86. The maximum Gasteiger partial charge on any atom is 0.170 e. The second-order valence-electron chi connectivity index (χ2n) is 3.82. The summed E-state index contributed by atoms with van der Waals surface area (Å²) in [6, 6.07) is 6.66. The van der Waals surface area contributed by atoms with Gasteiger partial charge in [-0.05, 0) is 24.3 Å². The molecule has 0 atom stereocenters. The van der Waals surface area contributed by atoms with Crippen molar-refractivity contribution in [3.05, 3.63) is 48.5 Å². The molecule has 2 aromatic heterocycles. The number of carbonyl (C=O) groups is 1. The van der Waals surface area contributed by atoms with Crippen LogP contribution in [0.5, 0.6) is 5.75 Å². The van der Waals surface area contributed by atoms with E-state index < -0.39 is 0 Å². The van der Waals surface area contributed by atoms with Crippen molar-refractivity contribution >= 4 is 11.8 Å². The lowest BCUT2D eigenvalue weighted by Crippen LogP contribution is -1.89. The highest BCUT2D eigenvalue weighted by Crippen LogP contribution is 2.23. The van der Waals surface area contributed by atoms with E-state index in [0.717, 1.165) is 5.56 Å². The maximum absolute atomic E-state index is 11.0. The van der Waals surface area contributed by atoms with Crippen LogP contribution in [0.1, 0.15) is 10.5 Å². The Hall–Kier alpha value is -2.69. The number of benzene rings is 1. The second kappa shape index (κ2) is 3.96. The van der Waals surface area contributed by atoms with E-state index in [-0.39, 0.29) is 5.75 Å². The molecule has 0 amide bonds. The van der Waals surface area contributed by atoms with E-state index in [9.17, 15) is 9.90 Å². The lowest BCUT2D eigenvalue weighted by atomic mass is 10.2. The molecule has 3 rings (SSSR count). The number of aromatic hydroxyl groups is 1. The predicted molar refractivity (Wildman–Crippen MR) is 65.5 cm³/mol. The number of hydrogen-bond donors (Lipinski definition) is 1. The molecule has 0 unspecified atom stereocenters. The van der Waals surface area contributed by atoms with Crippen LogP contribution in [0.25, 0.3) is 16.9 Å². The van der Waals surface area contributed by atoms with E-state index >= 15 is 0 Å². The van der Waals surface area contributed by atoms with E-state index in [1.165, 1.54) is 0 Å². The number of fused-ring (bicyclic) bond motifs is 1. The lowest BCUT2D eigenvalue weighted by molar-refractivity contribution is 0.112. The molecule has 0 radical (unpaired) electrons. The fraction of sp³-hybridized carbons (Fsp3) is 0. The van der Waals surface area contributed by atoms with E-state index in [0.29, 0.717) is 23.3 Å². The first-order chi connectivity index (χ1) is 8.79. The third-order valence-electron chi connectivity index (χ3n) is 2.71. The van der Waals surface area contributed by atoms with Crippen LogP contribution in [-0.4, -0.2) is 25.8 Å². The topological polar surface area (TPSA) is 67.5 Å². The van der Waals surface area contributed by atoms with E-state index in [2.05, 4.69) is 9.97 Å². The first-order valence-electron chi connectivity index (χ1n) is 5.36. The van der Waals surface area contributed by atoms with Gasteiger partial charge in [-0.2, -0.15) is 0 Å². The Bertz CT molecular complexity index is 717. The fourth-order valence-corrected chi connectivity index (χ4v) is 1.86. The van der Waals surface area contributed by atoms with Gasteiger partial charge in [0.15, 0.2) is 6.29 Å². The summed E-state index contributed by atoms with van der Waals surface area (Å²) in [6.45, 7) is 0. The number of phenols is 1. The van der Waals surface area contributed by atoms with Crippen LogP contribution in [0.2, 0.25) is 0 Å². The molecule has 88 valence electrons. The Labute approximate surface area is 102 Å². The summed E-state index contributed by atoms with van der Waals surface area (Å²) >= 11 is 0. The summed E-state index contributed by atoms with van der Waals surface area (Å²) < 4.78 is 1.79. The highest BCUT2D eigenvalue weighted by molar-refractivity contribution is 5.85. The summed E-state index contributed by atoms with van der Waals surface area (Å²) in [5, 5.41) is 9.27. The average molecular weight is 239 g/mol. The third kappa shape index (κ3) is 1.53. The summed E-state index contributed by atoms with van der Waals surface area (Å²) in [4.78, 5) is 19.2. The number of carbonyl (C=O) groups excluding carboxylic acids is 1. The predicted octanol–water partition coefficient (Wildman–Crippen LogP) is 1.91. The standard InChI is InChI=1S/C13H9N3O2/c17-8-11-12-7-14-5-6-16(12)13(15-11)9-1-3-10(18)4-2-9/h1-8,18H. The first-order valence-corrected chi connectivity index (χ1v) is 5.36. The van der Waals surface area contributed by atoms with Gasteiger partial charge in [0.25, 0.3) is 0 Å². The zero-order valence-corrected chi connectivity index (χ0v) is 9.32. The molecule has 2 heterocycles. The molecule has 0 aliphatic rings. The molecular weight excluding hydrogens is 230 g/mol. The zero-order valence-electron chi connectivity index (χ0n) is 9.32. The van der Waals surface area contributed by atoms with Crippen LogP contribution in [0.3, 0.4) is 0 Å². The molecule has 1 aromatic carbocycles. The molecule has 3 aromatic rings. The summed E-state index contributed by atoms with van der Waals surface area (Å²) in [6.07, 6.45) is 5.69. The highest BCUT2D eigenvalue weighted by atomic mass is 16.3. The Morgan fingerprint density at radius 3 is 2.72 bits per heavy atom. The van der Waals surface area contributed by atoms with Crippen molar-refractivity contribution in [3.63, 3.8) is 0 Å². The Morgan fingerprint density at radius 1 is 1.22 bits per heavy atom. The van der Waals surface area contributed by atoms with Crippen molar-refractivity contribution in [3.8, 4) is 17.1 Å². The van der Waals surface area contributed by atoms with Crippen LogP contribution in [-0.2, 0) is 0 Å². The van der Waals surface area contributed by atoms with Gasteiger partial charge in [0.2, 0.25) is 0 Å². The van der Waals surface area contributed by atoms with Crippen LogP contribution >= 0.6 is 0 Å². The minimum Gasteiger partial charge on any atom is -0.508 e. The zero-order chi connectivity index (χ0) is 12.5. The van der Waals surface area contributed by atoms with Gasteiger partial charge in [-0.15, -0.1) is 0 Å². The second-order valence-corrected chi connectivity index (χ2v) is 3.82. The molecule has 0 spiro atoms. The number of phenolic OH excluding ortho intramolecular Hbond substituents is 1. The Morgan fingerprint density at radius 2 is 2.00 bits per heavy atom. The van der Waals surface area contributed by atoms with E-state index in [1.807, 2.05) is 0 Å². The van der Waals surface area contributed by atoms with Crippen molar-refractivity contribution in [1.82, 2.24) is 14.4 Å². The smallest absolute Gasteiger partial charge is 0.170 e. The maximum atomic E-state index is 11.0. The van der Waals surface area contributed by atoms with E-state index in [1.54, 1.807) is 47.3 Å². The number of aldehydes is 1. The summed E-state index contributed by atoms with van der Waals surface area (Å²) in [5.41, 5.74) is 1.84. The summed E-state index contributed by atoms with van der Waals surface area (Å²) in [5.74, 6) is 0.839. The van der Waals surface area contributed by atoms with Crippen molar-refractivity contribution in [1.29, 1.82) is 0 Å². The van der Waals surface area contributed by atoms with Crippen LogP contribution in [0, 0.1) is 0 Å². The molecule has 0 aliphatic carbocycles. The Balaban J connectivity index is 2.29. The molecule has 5 heteroatoms. The number of hydrogen-bond acceptors (Lipinski definition) is 4. The third-order valence-corrected chi connectivity index (χ3v) is 2.71. The minimum atomic E-state index is 0.192. The SMILES string of the molecule is O=Cc1nc(-c2ccc(O)cc2)n2ccncc12. The molecule has 0 saturated carbocycles. The first kappa shape index (κ1) is 10.5. The van der Waals surface area contributed by atoms with Gasteiger partial charge in [0.05, 0.1) is 11.7 Å². The normalized spacial score (nSPS) is 10.7. The lowest BCUT2D eigenvalue weighted by Gasteiger charge is -2.00. The highest BCUT2D eigenvalue weighted by Gasteiger charge is 2.11. The Kier molecular flexibility index (Phi) is 2.30. The molecule has 0 bridgehead atoms. The monoisotopic (exact) mass is 239 g/mol. The van der Waals surface area contributed by atoms with Crippen LogP contribution in [0.4, 0.5) is 0 Å². The van der Waals surface area contributed by atoms with Gasteiger partial charge < -0.3 is 5.11 Å². The molecule has 0 aliphatic heterocycles. The van der Waals surface area contributed by atoms with Crippen molar-refractivity contribution in [2.45, 2.75) is 0 Å². The van der Waals surface area contributed by atoms with Gasteiger partial charge in [0, 0.05) is 18.0 Å². The molecule has 0 fully saturated rings. The summed E-state index contributed by atoms with van der Waals surface area (Å²) in [7, 11) is 0. The van der Waals surface area contributed by atoms with Crippen molar-refractivity contribution < 1.29 is 9.90 Å². The molecule has 5 nitrogen and oxygen atoms in total. The number of aromatic nitrogens is 3. The van der Waals surface area contributed by atoms with Gasteiger partial charge in [-0.25, -0.2) is 4.98 Å².